The molecule has 1 atom stereocenters. The highest BCUT2D eigenvalue weighted by molar-refractivity contribution is 5.27. The standard InChI is InChI=1S/C13H20O2/c1-12(2)5-7-13(14,8-6-12)11-4-3-9-15-10-11/h5,7,10,14H,3-4,6,8-9H2,1-2H3. The van der Waals surface area contributed by atoms with Gasteiger partial charge in [0.2, 0.25) is 0 Å². The Kier molecular flexibility index (Phi) is 2.63. The van der Waals surface area contributed by atoms with Crippen LogP contribution in [-0.2, 0) is 4.74 Å². The monoisotopic (exact) mass is 208 g/mol. The second kappa shape index (κ2) is 3.67. The van der Waals surface area contributed by atoms with Crippen molar-refractivity contribution in [3.05, 3.63) is 24.0 Å². The number of ether oxygens (including phenoxy) is 1. The van der Waals surface area contributed by atoms with Crippen molar-refractivity contribution in [3.8, 4) is 0 Å². The Bertz CT molecular complexity index is 302. The van der Waals surface area contributed by atoms with E-state index in [0.29, 0.717) is 0 Å². The second-order valence-corrected chi connectivity index (χ2v) is 5.36. The number of aliphatic hydroxyl groups is 1. The topological polar surface area (TPSA) is 29.5 Å². The lowest BCUT2D eigenvalue weighted by molar-refractivity contribution is 0.0792. The van der Waals surface area contributed by atoms with Crippen molar-refractivity contribution < 1.29 is 9.84 Å². The zero-order chi connectivity index (χ0) is 10.9. The van der Waals surface area contributed by atoms with Crippen molar-refractivity contribution in [2.75, 3.05) is 6.61 Å². The molecule has 1 unspecified atom stereocenters. The van der Waals surface area contributed by atoms with Gasteiger partial charge < -0.3 is 9.84 Å². The zero-order valence-electron chi connectivity index (χ0n) is 9.62. The van der Waals surface area contributed by atoms with Gasteiger partial charge in [-0.05, 0) is 36.7 Å². The van der Waals surface area contributed by atoms with Gasteiger partial charge in [0.1, 0.15) is 5.60 Å². The van der Waals surface area contributed by atoms with Crippen LogP contribution in [-0.4, -0.2) is 17.3 Å². The molecule has 1 N–H and O–H groups in total. The Balaban J connectivity index is 2.18. The lowest BCUT2D eigenvalue weighted by atomic mass is 9.73. The van der Waals surface area contributed by atoms with Gasteiger partial charge in [-0.2, -0.15) is 0 Å². The fraction of sp³-hybridized carbons (Fsp3) is 0.692. The molecule has 0 spiro atoms. The zero-order valence-corrected chi connectivity index (χ0v) is 9.62. The molecule has 1 aliphatic carbocycles. The normalized spacial score (nSPS) is 34.5. The van der Waals surface area contributed by atoms with E-state index >= 15 is 0 Å². The lowest BCUT2D eigenvalue weighted by Gasteiger charge is -2.37. The second-order valence-electron chi connectivity index (χ2n) is 5.36. The van der Waals surface area contributed by atoms with Crippen LogP contribution in [0.1, 0.15) is 39.5 Å². The van der Waals surface area contributed by atoms with Gasteiger partial charge in [-0.1, -0.05) is 26.0 Å². The molecule has 15 heavy (non-hydrogen) atoms. The lowest BCUT2D eigenvalue weighted by Crippen LogP contribution is -2.35. The van der Waals surface area contributed by atoms with Gasteiger partial charge >= 0.3 is 0 Å². The SMILES string of the molecule is CC1(C)C=CC(O)(C2=COCCC2)CC1. The summed E-state index contributed by atoms with van der Waals surface area (Å²) < 4.78 is 5.30. The molecule has 2 rings (SSSR count). The Morgan fingerprint density at radius 3 is 2.60 bits per heavy atom. The molecule has 0 amide bonds. The largest absolute Gasteiger partial charge is 0.501 e. The molecule has 0 bridgehead atoms. The van der Waals surface area contributed by atoms with Gasteiger partial charge in [-0.3, -0.25) is 0 Å². The minimum atomic E-state index is -0.740. The van der Waals surface area contributed by atoms with Crippen LogP contribution in [0.3, 0.4) is 0 Å². The van der Waals surface area contributed by atoms with E-state index in [4.69, 9.17) is 4.74 Å². The van der Waals surface area contributed by atoms with E-state index in [9.17, 15) is 5.11 Å². The van der Waals surface area contributed by atoms with Gasteiger partial charge in [0, 0.05) is 0 Å². The molecule has 1 aliphatic heterocycles. The van der Waals surface area contributed by atoms with Crippen LogP contribution in [0.15, 0.2) is 24.0 Å². The maximum absolute atomic E-state index is 10.5. The maximum atomic E-state index is 10.5. The average molecular weight is 208 g/mol. The quantitative estimate of drug-likeness (QED) is 0.671. The third-order valence-electron chi connectivity index (χ3n) is 3.45. The molecule has 0 radical (unpaired) electrons. The van der Waals surface area contributed by atoms with Gasteiger partial charge in [0.15, 0.2) is 0 Å². The molecule has 0 fully saturated rings. The van der Waals surface area contributed by atoms with E-state index in [2.05, 4.69) is 19.9 Å². The van der Waals surface area contributed by atoms with Crippen LogP contribution in [0.25, 0.3) is 0 Å². The summed E-state index contributed by atoms with van der Waals surface area (Å²) in [4.78, 5) is 0. The molecule has 2 aliphatic rings. The molecular weight excluding hydrogens is 188 g/mol. The summed E-state index contributed by atoms with van der Waals surface area (Å²) in [6.45, 7) is 5.19. The third kappa shape index (κ3) is 2.25. The summed E-state index contributed by atoms with van der Waals surface area (Å²) in [5.41, 5.74) is 0.527. The van der Waals surface area contributed by atoms with E-state index in [0.717, 1.165) is 37.9 Å². The number of hydrogen-bond acceptors (Lipinski definition) is 2. The first-order chi connectivity index (χ1) is 7.02. The van der Waals surface area contributed by atoms with E-state index < -0.39 is 5.60 Å². The number of rotatable bonds is 1. The Morgan fingerprint density at radius 2 is 2.07 bits per heavy atom. The van der Waals surface area contributed by atoms with Gasteiger partial charge in [0.05, 0.1) is 12.9 Å². The van der Waals surface area contributed by atoms with Crippen molar-refractivity contribution in [3.63, 3.8) is 0 Å². The fourth-order valence-corrected chi connectivity index (χ4v) is 2.19. The van der Waals surface area contributed by atoms with Crippen molar-refractivity contribution in [1.29, 1.82) is 0 Å². The summed E-state index contributed by atoms with van der Waals surface area (Å²) in [6.07, 6.45) is 9.66. The minimum Gasteiger partial charge on any atom is -0.501 e. The van der Waals surface area contributed by atoms with Crippen molar-refractivity contribution >= 4 is 0 Å². The smallest absolute Gasteiger partial charge is 0.107 e. The highest BCUT2D eigenvalue weighted by Gasteiger charge is 2.35. The first kappa shape index (κ1) is 10.7. The predicted molar refractivity (Wildman–Crippen MR) is 60.4 cm³/mol. The van der Waals surface area contributed by atoms with Crippen LogP contribution < -0.4 is 0 Å². The molecule has 0 aromatic rings. The molecule has 84 valence electrons. The first-order valence-electron chi connectivity index (χ1n) is 5.76. The molecule has 2 nitrogen and oxygen atoms in total. The maximum Gasteiger partial charge on any atom is 0.107 e. The summed E-state index contributed by atoms with van der Waals surface area (Å²) in [5, 5.41) is 10.5. The Morgan fingerprint density at radius 1 is 1.27 bits per heavy atom. The Labute approximate surface area is 91.6 Å². The van der Waals surface area contributed by atoms with Crippen LogP contribution in [0.2, 0.25) is 0 Å². The van der Waals surface area contributed by atoms with Crippen molar-refractivity contribution in [2.45, 2.75) is 45.1 Å². The predicted octanol–water partition coefficient (Wildman–Crippen LogP) is 2.79. The Hall–Kier alpha value is -0.760. The van der Waals surface area contributed by atoms with E-state index in [1.807, 2.05) is 6.08 Å². The molecule has 0 saturated carbocycles. The van der Waals surface area contributed by atoms with Crippen LogP contribution in [0.4, 0.5) is 0 Å². The molecule has 2 heteroatoms. The highest BCUT2D eigenvalue weighted by atomic mass is 16.5. The number of hydrogen-bond donors (Lipinski definition) is 1. The van der Waals surface area contributed by atoms with E-state index in [1.54, 1.807) is 6.26 Å². The third-order valence-corrected chi connectivity index (χ3v) is 3.45. The van der Waals surface area contributed by atoms with Crippen LogP contribution in [0, 0.1) is 5.41 Å². The van der Waals surface area contributed by atoms with Gasteiger partial charge in [-0.15, -0.1) is 0 Å². The molecule has 0 saturated heterocycles. The van der Waals surface area contributed by atoms with Crippen LogP contribution >= 0.6 is 0 Å². The van der Waals surface area contributed by atoms with Crippen molar-refractivity contribution in [2.24, 2.45) is 5.41 Å². The molecular formula is C13H20O2. The summed E-state index contributed by atoms with van der Waals surface area (Å²) in [6, 6.07) is 0. The van der Waals surface area contributed by atoms with Gasteiger partial charge in [0.25, 0.3) is 0 Å². The fourth-order valence-electron chi connectivity index (χ4n) is 2.19. The first-order valence-corrected chi connectivity index (χ1v) is 5.76. The molecule has 0 aromatic carbocycles. The minimum absolute atomic E-state index is 0.225. The summed E-state index contributed by atoms with van der Waals surface area (Å²) in [5.74, 6) is 0. The summed E-state index contributed by atoms with van der Waals surface area (Å²) >= 11 is 0. The summed E-state index contributed by atoms with van der Waals surface area (Å²) in [7, 11) is 0. The van der Waals surface area contributed by atoms with E-state index in [1.165, 1.54) is 0 Å². The van der Waals surface area contributed by atoms with E-state index in [-0.39, 0.29) is 5.41 Å². The van der Waals surface area contributed by atoms with Crippen LogP contribution in [0.5, 0.6) is 0 Å². The van der Waals surface area contributed by atoms with Crippen molar-refractivity contribution in [1.82, 2.24) is 0 Å². The molecule has 0 aromatic heterocycles. The highest BCUT2D eigenvalue weighted by Crippen LogP contribution is 2.39. The van der Waals surface area contributed by atoms with Gasteiger partial charge in [-0.25, -0.2) is 0 Å². The average Bonchev–Trinajstić information content (AvgIpc) is 2.24. The number of allylic oxidation sites excluding steroid dienone is 1. The molecule has 1 heterocycles.